The number of hydrogen-bond donors (Lipinski definition) is 2. The van der Waals surface area contributed by atoms with Crippen LogP contribution in [0.15, 0.2) is 77.2 Å². The van der Waals surface area contributed by atoms with Gasteiger partial charge in [0.25, 0.3) is 5.91 Å². The minimum Gasteiger partial charge on any atom is -0.460 e. The van der Waals surface area contributed by atoms with Crippen molar-refractivity contribution in [1.82, 2.24) is 15.3 Å². The zero-order valence-corrected chi connectivity index (χ0v) is 19.4. The topological polar surface area (TPSA) is 94.0 Å². The molecule has 0 saturated heterocycles. The van der Waals surface area contributed by atoms with Gasteiger partial charge in [0.15, 0.2) is 17.3 Å². The Morgan fingerprint density at radius 2 is 1.80 bits per heavy atom. The van der Waals surface area contributed by atoms with Crippen molar-refractivity contribution < 1.29 is 13.6 Å². The number of amides is 1. The van der Waals surface area contributed by atoms with E-state index in [0.717, 1.165) is 16.3 Å². The van der Waals surface area contributed by atoms with E-state index in [2.05, 4.69) is 15.3 Å². The van der Waals surface area contributed by atoms with E-state index in [1.807, 2.05) is 43.3 Å². The molecule has 3 N–H and O–H groups in total. The van der Waals surface area contributed by atoms with Gasteiger partial charge in [0.2, 0.25) is 0 Å². The van der Waals surface area contributed by atoms with Gasteiger partial charge in [0.1, 0.15) is 23.0 Å². The minimum absolute atomic E-state index is 0.0292. The molecule has 35 heavy (non-hydrogen) atoms. The summed E-state index contributed by atoms with van der Waals surface area (Å²) in [6.07, 6.45) is 0. The first kappa shape index (κ1) is 22.6. The lowest BCUT2D eigenvalue weighted by Gasteiger charge is -2.13. The highest BCUT2D eigenvalue weighted by molar-refractivity contribution is 6.36. The molecule has 0 saturated carbocycles. The van der Waals surface area contributed by atoms with Gasteiger partial charge in [-0.15, -0.1) is 0 Å². The van der Waals surface area contributed by atoms with Gasteiger partial charge >= 0.3 is 0 Å². The number of carbonyl (C=O) groups excluding carboxylic acids is 1. The van der Waals surface area contributed by atoms with Crippen LogP contribution in [0.25, 0.3) is 33.5 Å². The van der Waals surface area contributed by atoms with Crippen molar-refractivity contribution in [1.29, 1.82) is 0 Å². The number of rotatable bonds is 5. The van der Waals surface area contributed by atoms with Crippen molar-refractivity contribution in [2.45, 2.75) is 13.5 Å². The molecule has 5 aromatic rings. The Morgan fingerprint density at radius 1 is 1.03 bits per heavy atom. The third-order valence-electron chi connectivity index (χ3n) is 5.56. The molecule has 0 aliphatic carbocycles. The maximum atomic E-state index is 13.2. The van der Waals surface area contributed by atoms with Crippen molar-refractivity contribution in [3.05, 3.63) is 101 Å². The van der Waals surface area contributed by atoms with Crippen LogP contribution in [0.3, 0.4) is 0 Å². The molecule has 0 spiro atoms. The predicted octanol–water partition coefficient (Wildman–Crippen LogP) is 6.17. The molecular weight excluding hydrogens is 467 g/mol. The summed E-state index contributed by atoms with van der Waals surface area (Å²) in [6, 6.07) is 20.9. The summed E-state index contributed by atoms with van der Waals surface area (Å²) < 4.78 is 19.0. The average molecular weight is 487 g/mol. The molecule has 0 radical (unpaired) electrons. The van der Waals surface area contributed by atoms with Crippen molar-refractivity contribution in [3.63, 3.8) is 0 Å². The predicted molar refractivity (Wildman–Crippen MR) is 134 cm³/mol. The van der Waals surface area contributed by atoms with Crippen LogP contribution in [0.5, 0.6) is 0 Å². The summed E-state index contributed by atoms with van der Waals surface area (Å²) >= 11 is 6.57. The number of carbonyl (C=O) groups is 1. The zero-order chi connectivity index (χ0) is 24.5. The summed E-state index contributed by atoms with van der Waals surface area (Å²) in [4.78, 5) is 22.1. The Balaban J connectivity index is 1.59. The third-order valence-corrected chi connectivity index (χ3v) is 5.88. The van der Waals surface area contributed by atoms with E-state index in [0.29, 0.717) is 33.5 Å². The Bertz CT molecular complexity index is 1560. The summed E-state index contributed by atoms with van der Waals surface area (Å²) in [5, 5.41) is 5.12. The van der Waals surface area contributed by atoms with Crippen LogP contribution in [0.2, 0.25) is 5.02 Å². The molecule has 1 amide bonds. The van der Waals surface area contributed by atoms with Crippen molar-refractivity contribution >= 4 is 34.1 Å². The quantitative estimate of drug-likeness (QED) is 0.310. The van der Waals surface area contributed by atoms with Crippen molar-refractivity contribution in [2.75, 3.05) is 5.73 Å². The number of nitrogens with one attached hydrogen (secondary N) is 1. The molecule has 6 nitrogen and oxygen atoms in total. The molecule has 0 unspecified atom stereocenters. The standard InChI is InChI=1S/C27H20ClFN4O2/c1-15-6-11-22(35-15)24-23(18-12-17-4-2-3-5-20(17)21(28)13-18)32-25(26(30)33-24)27(34)31-14-16-7-9-19(29)10-8-16/h2-13H,14H2,1H3,(H2,30,33)(H,31,34). The van der Waals surface area contributed by atoms with Crippen LogP contribution in [0.4, 0.5) is 10.2 Å². The van der Waals surface area contributed by atoms with Gasteiger partial charge in [0, 0.05) is 22.5 Å². The molecule has 0 fully saturated rings. The Kier molecular flexibility index (Phi) is 5.93. The molecule has 5 rings (SSSR count). The first-order valence-corrected chi connectivity index (χ1v) is 11.2. The van der Waals surface area contributed by atoms with E-state index in [1.165, 1.54) is 12.1 Å². The third kappa shape index (κ3) is 4.58. The number of furan rings is 1. The van der Waals surface area contributed by atoms with E-state index < -0.39 is 5.91 Å². The number of hydrogen-bond acceptors (Lipinski definition) is 5. The van der Waals surface area contributed by atoms with Gasteiger partial charge in [-0.05, 0) is 54.3 Å². The van der Waals surface area contributed by atoms with Gasteiger partial charge in [-0.3, -0.25) is 4.79 Å². The summed E-state index contributed by atoms with van der Waals surface area (Å²) in [7, 11) is 0. The molecule has 3 aromatic carbocycles. The number of nitrogen functional groups attached to an aromatic ring is 1. The lowest BCUT2D eigenvalue weighted by Crippen LogP contribution is -2.25. The number of anilines is 1. The molecule has 2 heterocycles. The second kappa shape index (κ2) is 9.19. The Labute approximate surface area is 205 Å². The van der Waals surface area contributed by atoms with Crippen LogP contribution < -0.4 is 11.1 Å². The maximum absolute atomic E-state index is 13.2. The highest BCUT2D eigenvalue weighted by Crippen LogP contribution is 2.36. The fraction of sp³-hybridized carbons (Fsp3) is 0.0741. The fourth-order valence-electron chi connectivity index (χ4n) is 3.82. The monoisotopic (exact) mass is 486 g/mol. The summed E-state index contributed by atoms with van der Waals surface area (Å²) in [6.45, 7) is 2.00. The van der Waals surface area contributed by atoms with E-state index in [-0.39, 0.29) is 23.9 Å². The number of fused-ring (bicyclic) bond motifs is 1. The molecule has 0 atom stereocenters. The SMILES string of the molecule is Cc1ccc(-c2nc(N)c(C(=O)NCc3ccc(F)cc3)nc2-c2cc(Cl)c3ccccc3c2)o1. The van der Waals surface area contributed by atoms with Crippen molar-refractivity contribution in [2.24, 2.45) is 0 Å². The number of halogens is 2. The Hall–Kier alpha value is -4.23. The van der Waals surface area contributed by atoms with Crippen LogP contribution in [-0.4, -0.2) is 15.9 Å². The molecule has 2 aromatic heterocycles. The number of nitrogens with zero attached hydrogens (tertiary/aromatic N) is 2. The number of aromatic nitrogens is 2. The summed E-state index contributed by atoms with van der Waals surface area (Å²) in [5.74, 6) is 0.275. The highest BCUT2D eigenvalue weighted by Gasteiger charge is 2.22. The van der Waals surface area contributed by atoms with Crippen LogP contribution in [0.1, 0.15) is 21.8 Å². The zero-order valence-electron chi connectivity index (χ0n) is 18.7. The maximum Gasteiger partial charge on any atom is 0.274 e. The van der Waals surface area contributed by atoms with E-state index in [9.17, 15) is 9.18 Å². The first-order chi connectivity index (χ1) is 16.9. The molecule has 0 bridgehead atoms. The van der Waals surface area contributed by atoms with Crippen LogP contribution >= 0.6 is 11.6 Å². The van der Waals surface area contributed by atoms with Gasteiger partial charge < -0.3 is 15.5 Å². The normalized spacial score (nSPS) is 11.1. The highest BCUT2D eigenvalue weighted by atomic mass is 35.5. The number of benzene rings is 3. The van der Waals surface area contributed by atoms with Gasteiger partial charge in [-0.1, -0.05) is 48.0 Å². The lowest BCUT2D eigenvalue weighted by molar-refractivity contribution is 0.0946. The molecule has 0 aliphatic heterocycles. The first-order valence-electron chi connectivity index (χ1n) is 10.8. The summed E-state index contributed by atoms with van der Waals surface area (Å²) in [5.41, 5.74) is 8.35. The van der Waals surface area contributed by atoms with E-state index >= 15 is 0 Å². The van der Waals surface area contributed by atoms with E-state index in [4.69, 9.17) is 21.8 Å². The number of nitrogens with two attached hydrogens (primary N) is 1. The van der Waals surface area contributed by atoms with Gasteiger partial charge in [-0.25, -0.2) is 14.4 Å². The second-order valence-electron chi connectivity index (χ2n) is 8.05. The van der Waals surface area contributed by atoms with Gasteiger partial charge in [0.05, 0.1) is 0 Å². The molecule has 174 valence electrons. The fourth-order valence-corrected chi connectivity index (χ4v) is 4.11. The largest absolute Gasteiger partial charge is 0.460 e. The Morgan fingerprint density at radius 3 is 2.54 bits per heavy atom. The average Bonchev–Trinajstić information content (AvgIpc) is 3.29. The second-order valence-corrected chi connectivity index (χ2v) is 8.46. The van der Waals surface area contributed by atoms with Crippen molar-refractivity contribution in [3.8, 4) is 22.7 Å². The smallest absolute Gasteiger partial charge is 0.274 e. The molecule has 0 aliphatic rings. The molecule has 8 heteroatoms. The lowest BCUT2D eigenvalue weighted by atomic mass is 10.0. The number of aryl methyl sites for hydroxylation is 1. The molecular formula is C27H20ClFN4O2. The van der Waals surface area contributed by atoms with Crippen LogP contribution in [-0.2, 0) is 6.54 Å². The van der Waals surface area contributed by atoms with Crippen LogP contribution in [0, 0.1) is 12.7 Å². The van der Waals surface area contributed by atoms with Gasteiger partial charge in [-0.2, -0.15) is 0 Å². The minimum atomic E-state index is -0.505. The van der Waals surface area contributed by atoms with E-state index in [1.54, 1.807) is 24.3 Å².